The van der Waals surface area contributed by atoms with Gasteiger partial charge >= 0.3 is 5.97 Å². The first-order valence-corrected chi connectivity index (χ1v) is 10.8. The molecule has 0 amide bonds. The van der Waals surface area contributed by atoms with Crippen LogP contribution in [-0.4, -0.2) is 37.5 Å². The Bertz CT molecular complexity index is 1170. The fourth-order valence-electron chi connectivity index (χ4n) is 4.33. The monoisotopic (exact) mass is 420 g/mol. The van der Waals surface area contributed by atoms with E-state index in [2.05, 4.69) is 20.7 Å². The summed E-state index contributed by atoms with van der Waals surface area (Å²) in [5.41, 5.74) is 5.32. The van der Waals surface area contributed by atoms with Crippen molar-refractivity contribution >= 4 is 17.4 Å². The van der Waals surface area contributed by atoms with Crippen LogP contribution in [0.15, 0.2) is 36.2 Å². The van der Waals surface area contributed by atoms with Crippen molar-refractivity contribution in [2.45, 2.75) is 59.4 Å². The van der Waals surface area contributed by atoms with E-state index in [-0.39, 0.29) is 12.4 Å². The topological polar surface area (TPSA) is 78.5 Å². The number of aromatic nitrogens is 4. The van der Waals surface area contributed by atoms with Crippen LogP contribution in [0.5, 0.6) is 0 Å². The third-order valence-electron chi connectivity index (χ3n) is 6.02. The maximum absolute atomic E-state index is 12.8. The third kappa shape index (κ3) is 4.31. The number of esters is 1. The van der Waals surface area contributed by atoms with Crippen LogP contribution in [0.1, 0.15) is 69.9 Å². The van der Waals surface area contributed by atoms with E-state index in [0.29, 0.717) is 22.5 Å². The number of carbonyl (C=O) groups excluding carboxylic acids is 2. The van der Waals surface area contributed by atoms with Crippen LogP contribution in [0.2, 0.25) is 0 Å². The zero-order valence-electron chi connectivity index (χ0n) is 18.4. The molecule has 7 heteroatoms. The van der Waals surface area contributed by atoms with Gasteiger partial charge in [-0.05, 0) is 65.0 Å². The second-order valence-electron chi connectivity index (χ2n) is 8.14. The Morgan fingerprint density at radius 3 is 2.81 bits per heavy atom. The van der Waals surface area contributed by atoms with Crippen molar-refractivity contribution in [2.75, 3.05) is 6.61 Å². The second-order valence-corrected chi connectivity index (χ2v) is 8.14. The van der Waals surface area contributed by atoms with Crippen molar-refractivity contribution in [1.82, 2.24) is 19.2 Å². The molecule has 3 aromatic rings. The van der Waals surface area contributed by atoms with Gasteiger partial charge in [0.15, 0.2) is 12.3 Å². The molecule has 0 atom stereocenters. The molecule has 0 fully saturated rings. The van der Waals surface area contributed by atoms with E-state index in [0.717, 1.165) is 24.4 Å². The summed E-state index contributed by atoms with van der Waals surface area (Å²) in [7, 11) is 0. The molecule has 1 aliphatic rings. The number of rotatable bonds is 7. The molecule has 3 aromatic heterocycles. The Morgan fingerprint density at radius 2 is 2.03 bits per heavy atom. The Hall–Kier alpha value is -3.22. The Morgan fingerprint density at radius 1 is 1.19 bits per heavy atom. The molecule has 0 N–H and O–H groups in total. The predicted molar refractivity (Wildman–Crippen MR) is 117 cm³/mol. The molecule has 0 unspecified atom stereocenters. The van der Waals surface area contributed by atoms with E-state index in [1.54, 1.807) is 25.4 Å². The largest absolute Gasteiger partial charge is 0.454 e. The van der Waals surface area contributed by atoms with Crippen LogP contribution in [0.25, 0.3) is 5.65 Å². The average Bonchev–Trinajstić information content (AvgIpc) is 3.26. The number of fused-ring (bicyclic) bond motifs is 1. The van der Waals surface area contributed by atoms with Gasteiger partial charge < -0.3 is 9.30 Å². The van der Waals surface area contributed by atoms with Crippen LogP contribution < -0.4 is 0 Å². The van der Waals surface area contributed by atoms with Gasteiger partial charge in [-0.1, -0.05) is 11.6 Å². The lowest BCUT2D eigenvalue weighted by Crippen LogP contribution is -2.16. The smallest absolute Gasteiger partial charge is 0.344 e. The van der Waals surface area contributed by atoms with Crippen molar-refractivity contribution < 1.29 is 14.3 Å². The third-order valence-corrected chi connectivity index (χ3v) is 6.02. The van der Waals surface area contributed by atoms with Gasteiger partial charge in [0.1, 0.15) is 5.56 Å². The average molecular weight is 421 g/mol. The molecular formula is C24H28N4O3. The van der Waals surface area contributed by atoms with Crippen molar-refractivity contribution in [3.05, 3.63) is 64.4 Å². The SMILES string of the molecule is Cc1nn2cccnc2c1C(=O)OCC(=O)c1cc(C)n(CCC2=CCCCC2)c1C. The normalized spacial score (nSPS) is 14.0. The first kappa shape index (κ1) is 21.0. The Balaban J connectivity index is 1.43. The van der Waals surface area contributed by atoms with E-state index in [1.807, 2.05) is 19.9 Å². The maximum Gasteiger partial charge on any atom is 0.344 e. The summed E-state index contributed by atoms with van der Waals surface area (Å²) in [6.07, 6.45) is 11.6. The fraction of sp³-hybridized carbons (Fsp3) is 0.417. The number of hydrogen-bond donors (Lipinski definition) is 0. The van der Waals surface area contributed by atoms with Crippen LogP contribution in [0, 0.1) is 20.8 Å². The molecule has 0 aliphatic heterocycles. The summed E-state index contributed by atoms with van der Waals surface area (Å²) >= 11 is 0. The molecule has 4 rings (SSSR count). The lowest BCUT2D eigenvalue weighted by molar-refractivity contribution is 0.0475. The molecular weight excluding hydrogens is 392 g/mol. The highest BCUT2D eigenvalue weighted by Crippen LogP contribution is 2.23. The quantitative estimate of drug-likeness (QED) is 0.322. The zero-order valence-corrected chi connectivity index (χ0v) is 18.4. The summed E-state index contributed by atoms with van der Waals surface area (Å²) in [6.45, 7) is 6.25. The Kier molecular flexibility index (Phi) is 6.02. The number of ether oxygens (including phenoxy) is 1. The Labute approximate surface area is 181 Å². The molecule has 162 valence electrons. The van der Waals surface area contributed by atoms with Gasteiger partial charge in [0.05, 0.1) is 5.69 Å². The summed E-state index contributed by atoms with van der Waals surface area (Å²) in [5.74, 6) is -0.788. The van der Waals surface area contributed by atoms with Gasteiger partial charge in [-0.2, -0.15) is 5.10 Å². The number of ketones is 1. The summed E-state index contributed by atoms with van der Waals surface area (Å²) in [4.78, 5) is 29.7. The predicted octanol–water partition coefficient (Wildman–Crippen LogP) is 4.39. The number of aryl methyl sites for hydroxylation is 2. The van der Waals surface area contributed by atoms with Crippen molar-refractivity contribution in [3.8, 4) is 0 Å². The van der Waals surface area contributed by atoms with Crippen molar-refractivity contribution in [2.24, 2.45) is 0 Å². The first-order chi connectivity index (χ1) is 15.0. The second kappa shape index (κ2) is 8.88. The molecule has 31 heavy (non-hydrogen) atoms. The summed E-state index contributed by atoms with van der Waals surface area (Å²) < 4.78 is 9.07. The number of allylic oxidation sites excluding steroid dienone is 2. The zero-order chi connectivity index (χ0) is 22.0. The number of Topliss-reactive ketones (excluding diaryl/α,β-unsaturated/α-hetero) is 1. The minimum Gasteiger partial charge on any atom is -0.454 e. The van der Waals surface area contributed by atoms with Gasteiger partial charge in [-0.25, -0.2) is 14.3 Å². The van der Waals surface area contributed by atoms with E-state index in [9.17, 15) is 9.59 Å². The summed E-state index contributed by atoms with van der Waals surface area (Å²) in [6, 6.07) is 3.63. The van der Waals surface area contributed by atoms with Crippen molar-refractivity contribution in [3.63, 3.8) is 0 Å². The number of hydrogen-bond acceptors (Lipinski definition) is 5. The fourth-order valence-corrected chi connectivity index (χ4v) is 4.33. The van der Waals surface area contributed by atoms with E-state index in [1.165, 1.54) is 35.8 Å². The molecule has 7 nitrogen and oxygen atoms in total. The number of nitrogens with zero attached hydrogens (tertiary/aromatic N) is 4. The molecule has 0 aromatic carbocycles. The van der Waals surface area contributed by atoms with E-state index in [4.69, 9.17) is 4.74 Å². The molecule has 0 radical (unpaired) electrons. The molecule has 3 heterocycles. The van der Waals surface area contributed by atoms with Gasteiger partial charge in [0.2, 0.25) is 5.78 Å². The maximum atomic E-state index is 12.8. The molecule has 0 spiro atoms. The van der Waals surface area contributed by atoms with Gasteiger partial charge in [-0.15, -0.1) is 0 Å². The minimum absolute atomic E-state index is 0.202. The molecule has 1 aliphatic carbocycles. The van der Waals surface area contributed by atoms with E-state index < -0.39 is 5.97 Å². The van der Waals surface area contributed by atoms with Crippen LogP contribution >= 0.6 is 0 Å². The van der Waals surface area contributed by atoms with Crippen LogP contribution in [-0.2, 0) is 11.3 Å². The van der Waals surface area contributed by atoms with Crippen molar-refractivity contribution in [1.29, 1.82) is 0 Å². The van der Waals surface area contributed by atoms with Gasteiger partial charge in [0.25, 0.3) is 0 Å². The molecule has 0 saturated heterocycles. The molecule has 0 bridgehead atoms. The lowest BCUT2D eigenvalue weighted by Gasteiger charge is -2.15. The highest BCUT2D eigenvalue weighted by Gasteiger charge is 2.22. The lowest BCUT2D eigenvalue weighted by atomic mass is 9.97. The summed E-state index contributed by atoms with van der Waals surface area (Å²) in [5, 5.41) is 4.27. The highest BCUT2D eigenvalue weighted by molar-refractivity contribution is 6.02. The van der Waals surface area contributed by atoms with Crippen LogP contribution in [0.4, 0.5) is 0 Å². The van der Waals surface area contributed by atoms with E-state index >= 15 is 0 Å². The van der Waals surface area contributed by atoms with Gasteiger partial charge in [0, 0.05) is 35.9 Å². The standard InChI is InChI=1S/C24H28N4O3/c1-16-14-20(18(3)27(16)13-10-19-8-5-4-6-9-19)21(29)15-31-24(30)22-17(2)26-28-12-7-11-25-23(22)28/h7-8,11-12,14H,4-6,9-10,13,15H2,1-3H3. The minimum atomic E-state index is -0.586. The first-order valence-electron chi connectivity index (χ1n) is 10.8. The molecule has 0 saturated carbocycles. The van der Waals surface area contributed by atoms with Gasteiger partial charge in [-0.3, -0.25) is 4.79 Å². The highest BCUT2D eigenvalue weighted by atomic mass is 16.5. The number of carbonyl (C=O) groups is 2. The van der Waals surface area contributed by atoms with Crippen LogP contribution in [0.3, 0.4) is 0 Å².